The normalized spacial score (nSPS) is 18.8. The van der Waals surface area contributed by atoms with E-state index in [0.717, 1.165) is 71.5 Å². The smallest absolute Gasteiger partial charge is 0.196 e. The third kappa shape index (κ3) is 3.47. The van der Waals surface area contributed by atoms with Gasteiger partial charge in [-0.05, 0) is 25.0 Å². The van der Waals surface area contributed by atoms with Crippen LogP contribution in [0.2, 0.25) is 0 Å². The van der Waals surface area contributed by atoms with Crippen LogP contribution in [0.1, 0.15) is 32.1 Å². The highest BCUT2D eigenvalue weighted by atomic mass is 16.3. The molecule has 0 unspecified atom stereocenters. The van der Waals surface area contributed by atoms with Crippen LogP contribution in [0, 0.1) is 0 Å². The number of nitrogens with zero attached hydrogens (tertiary/aromatic N) is 4. The van der Waals surface area contributed by atoms with E-state index in [-0.39, 0.29) is 0 Å². The molecule has 0 atom stereocenters. The quantitative estimate of drug-likeness (QED) is 0.445. The highest BCUT2D eigenvalue weighted by Crippen LogP contribution is 2.35. The van der Waals surface area contributed by atoms with Crippen molar-refractivity contribution in [2.45, 2.75) is 38.1 Å². The average Bonchev–Trinajstić information content (AvgIpc) is 3.23. The molecule has 2 aliphatic rings. The van der Waals surface area contributed by atoms with E-state index in [1.807, 2.05) is 36.4 Å². The fourth-order valence-corrected chi connectivity index (χ4v) is 5.25. The third-order valence-corrected chi connectivity index (χ3v) is 6.94. The van der Waals surface area contributed by atoms with Gasteiger partial charge in [-0.3, -0.25) is 4.90 Å². The van der Waals surface area contributed by atoms with Crippen LogP contribution in [0.4, 0.5) is 5.82 Å². The molecule has 158 valence electrons. The Balaban J connectivity index is 1.39. The van der Waals surface area contributed by atoms with Crippen molar-refractivity contribution in [2.75, 3.05) is 31.1 Å². The molecule has 1 aliphatic heterocycles. The second kappa shape index (κ2) is 7.97. The molecule has 2 aromatic heterocycles. The van der Waals surface area contributed by atoms with Crippen molar-refractivity contribution >= 4 is 27.9 Å². The first-order chi connectivity index (χ1) is 15.4. The lowest BCUT2D eigenvalue weighted by atomic mass is 9.94. The van der Waals surface area contributed by atoms with Crippen molar-refractivity contribution in [2.24, 2.45) is 0 Å². The van der Waals surface area contributed by atoms with Crippen LogP contribution < -0.4 is 4.90 Å². The summed E-state index contributed by atoms with van der Waals surface area (Å²) in [6.45, 7) is 4.15. The predicted molar refractivity (Wildman–Crippen MR) is 125 cm³/mol. The number of piperazine rings is 1. The van der Waals surface area contributed by atoms with Gasteiger partial charge in [0.25, 0.3) is 0 Å². The molecular formula is C26H28N4O. The van der Waals surface area contributed by atoms with Crippen molar-refractivity contribution in [1.29, 1.82) is 0 Å². The molecule has 0 N–H and O–H groups in total. The summed E-state index contributed by atoms with van der Waals surface area (Å²) < 4.78 is 6.29. The number of rotatable bonds is 3. The second-order valence-electron chi connectivity index (χ2n) is 8.83. The lowest BCUT2D eigenvalue weighted by Gasteiger charge is -2.41. The third-order valence-electron chi connectivity index (χ3n) is 6.94. The van der Waals surface area contributed by atoms with Gasteiger partial charge in [0, 0.05) is 43.2 Å². The summed E-state index contributed by atoms with van der Waals surface area (Å²) in [5, 5.41) is 1.05. The minimum absolute atomic E-state index is 0.768. The summed E-state index contributed by atoms with van der Waals surface area (Å²) in [5.41, 5.74) is 3.64. The molecule has 0 radical (unpaired) electrons. The maximum Gasteiger partial charge on any atom is 0.196 e. The van der Waals surface area contributed by atoms with Gasteiger partial charge in [0.05, 0.1) is 0 Å². The maximum absolute atomic E-state index is 6.29. The molecule has 0 spiro atoms. The van der Waals surface area contributed by atoms with Gasteiger partial charge in [-0.25, -0.2) is 9.97 Å². The van der Waals surface area contributed by atoms with Crippen molar-refractivity contribution in [3.8, 4) is 11.4 Å². The number of fused-ring (bicyclic) bond motifs is 3. The van der Waals surface area contributed by atoms with Gasteiger partial charge in [-0.15, -0.1) is 0 Å². The zero-order valence-corrected chi connectivity index (χ0v) is 17.8. The van der Waals surface area contributed by atoms with Crippen molar-refractivity contribution in [1.82, 2.24) is 14.9 Å². The summed E-state index contributed by atoms with van der Waals surface area (Å²) >= 11 is 0. The Labute approximate surface area is 182 Å². The van der Waals surface area contributed by atoms with Crippen LogP contribution in [0.15, 0.2) is 59.0 Å². The predicted octanol–water partition coefficient (Wildman–Crippen LogP) is 5.50. The number of benzene rings is 2. The van der Waals surface area contributed by atoms with Crippen LogP contribution in [-0.4, -0.2) is 47.1 Å². The van der Waals surface area contributed by atoms with E-state index in [4.69, 9.17) is 14.4 Å². The molecular weight excluding hydrogens is 384 g/mol. The topological polar surface area (TPSA) is 45.4 Å². The molecule has 4 aromatic rings. The molecule has 1 aliphatic carbocycles. The highest BCUT2D eigenvalue weighted by Gasteiger charge is 2.28. The summed E-state index contributed by atoms with van der Waals surface area (Å²) in [6.07, 6.45) is 6.90. The number of hydrogen-bond donors (Lipinski definition) is 0. The van der Waals surface area contributed by atoms with E-state index < -0.39 is 0 Å². The molecule has 3 heterocycles. The number of furan rings is 1. The van der Waals surface area contributed by atoms with Gasteiger partial charge in [0.2, 0.25) is 0 Å². The van der Waals surface area contributed by atoms with Crippen LogP contribution >= 0.6 is 0 Å². The zero-order valence-electron chi connectivity index (χ0n) is 17.8. The Morgan fingerprint density at radius 3 is 2.32 bits per heavy atom. The van der Waals surface area contributed by atoms with Crippen LogP contribution in [0.5, 0.6) is 0 Å². The van der Waals surface area contributed by atoms with Gasteiger partial charge in [0.1, 0.15) is 11.1 Å². The van der Waals surface area contributed by atoms with Crippen molar-refractivity contribution in [3.05, 3.63) is 54.6 Å². The number of aromatic nitrogens is 2. The molecule has 0 amide bonds. The lowest BCUT2D eigenvalue weighted by molar-refractivity contribution is 0.147. The lowest BCUT2D eigenvalue weighted by Crippen LogP contribution is -2.51. The van der Waals surface area contributed by atoms with Crippen LogP contribution in [-0.2, 0) is 0 Å². The van der Waals surface area contributed by atoms with E-state index in [1.165, 1.54) is 32.1 Å². The van der Waals surface area contributed by atoms with E-state index in [2.05, 4.69) is 28.0 Å². The highest BCUT2D eigenvalue weighted by molar-refractivity contribution is 6.06. The van der Waals surface area contributed by atoms with Gasteiger partial charge in [-0.2, -0.15) is 0 Å². The summed E-state index contributed by atoms with van der Waals surface area (Å²) in [6, 6.07) is 19.2. The van der Waals surface area contributed by atoms with Gasteiger partial charge in [0.15, 0.2) is 17.2 Å². The standard InChI is InChI=1S/C26H28N4O/c1-3-9-19(10-4-1)25-27-23-21-13-7-8-14-22(21)31-24(23)26(28-25)30-17-15-29(16-18-30)20-11-5-2-6-12-20/h1,3-4,7-10,13-14,20H,2,5-6,11-12,15-18H2. The zero-order chi connectivity index (χ0) is 20.6. The second-order valence-corrected chi connectivity index (χ2v) is 8.83. The van der Waals surface area contributed by atoms with Crippen LogP contribution in [0.3, 0.4) is 0 Å². The molecule has 2 aromatic carbocycles. The molecule has 6 rings (SSSR count). The van der Waals surface area contributed by atoms with E-state index in [0.29, 0.717) is 0 Å². The minimum atomic E-state index is 0.768. The first kappa shape index (κ1) is 18.8. The monoisotopic (exact) mass is 412 g/mol. The molecule has 1 saturated carbocycles. The van der Waals surface area contributed by atoms with Crippen molar-refractivity contribution < 1.29 is 4.42 Å². The van der Waals surface area contributed by atoms with Gasteiger partial charge in [-0.1, -0.05) is 61.7 Å². The maximum atomic E-state index is 6.29. The van der Waals surface area contributed by atoms with Gasteiger partial charge < -0.3 is 9.32 Å². The number of para-hydroxylation sites is 1. The molecule has 5 heteroatoms. The van der Waals surface area contributed by atoms with E-state index in [9.17, 15) is 0 Å². The molecule has 1 saturated heterocycles. The number of anilines is 1. The van der Waals surface area contributed by atoms with Gasteiger partial charge >= 0.3 is 0 Å². The largest absolute Gasteiger partial charge is 0.450 e. The Morgan fingerprint density at radius 2 is 1.52 bits per heavy atom. The minimum Gasteiger partial charge on any atom is -0.450 e. The Morgan fingerprint density at radius 1 is 0.774 bits per heavy atom. The fraction of sp³-hybridized carbons (Fsp3) is 0.385. The first-order valence-electron chi connectivity index (χ1n) is 11.6. The number of hydrogen-bond acceptors (Lipinski definition) is 5. The summed E-state index contributed by atoms with van der Waals surface area (Å²) in [5.74, 6) is 1.70. The Hall–Kier alpha value is -2.92. The Kier molecular flexibility index (Phi) is 4.84. The SMILES string of the molecule is c1ccc(-c2nc(N3CCN(C4CCCCC4)CC3)c3oc4ccccc4c3n2)cc1. The fourth-order valence-electron chi connectivity index (χ4n) is 5.25. The first-order valence-corrected chi connectivity index (χ1v) is 11.6. The summed E-state index contributed by atoms with van der Waals surface area (Å²) in [7, 11) is 0. The van der Waals surface area contributed by atoms with E-state index >= 15 is 0 Å². The average molecular weight is 413 g/mol. The summed E-state index contributed by atoms with van der Waals surface area (Å²) in [4.78, 5) is 15.1. The van der Waals surface area contributed by atoms with Crippen molar-refractivity contribution in [3.63, 3.8) is 0 Å². The molecule has 2 fully saturated rings. The Bertz CT molecular complexity index is 1190. The van der Waals surface area contributed by atoms with E-state index in [1.54, 1.807) is 0 Å². The molecule has 31 heavy (non-hydrogen) atoms. The molecule has 5 nitrogen and oxygen atoms in total. The molecule has 0 bridgehead atoms. The van der Waals surface area contributed by atoms with Crippen LogP contribution in [0.25, 0.3) is 33.5 Å².